The Kier molecular flexibility index (Phi) is 5.87. The lowest BCUT2D eigenvalue weighted by Crippen LogP contribution is -2.06. The van der Waals surface area contributed by atoms with Gasteiger partial charge in [-0.3, -0.25) is 0 Å². The van der Waals surface area contributed by atoms with Gasteiger partial charge in [-0.1, -0.05) is 23.8 Å². The predicted molar refractivity (Wildman–Crippen MR) is 89.2 cm³/mol. The summed E-state index contributed by atoms with van der Waals surface area (Å²) in [5.41, 5.74) is 2.01. The predicted octanol–water partition coefficient (Wildman–Crippen LogP) is 4.09. The van der Waals surface area contributed by atoms with Crippen LogP contribution in [0.4, 0.5) is 0 Å². The summed E-state index contributed by atoms with van der Waals surface area (Å²) in [6.45, 7) is 2.45. The van der Waals surface area contributed by atoms with Gasteiger partial charge < -0.3 is 14.2 Å². The Morgan fingerprint density at radius 2 is 1.83 bits per heavy atom. The van der Waals surface area contributed by atoms with Crippen LogP contribution in [-0.4, -0.2) is 20.8 Å². The minimum Gasteiger partial charge on any atom is -0.497 e. The van der Waals surface area contributed by atoms with E-state index in [9.17, 15) is 5.26 Å². The third-order valence-electron chi connectivity index (χ3n) is 3.63. The second kappa shape index (κ2) is 8.09. The molecule has 4 heteroatoms. The van der Waals surface area contributed by atoms with E-state index < -0.39 is 0 Å². The maximum Gasteiger partial charge on any atom is 0.123 e. The fraction of sp³-hybridized carbons (Fsp3) is 0.316. The number of hydrogen-bond donors (Lipinski definition) is 0. The zero-order valence-electron chi connectivity index (χ0n) is 13.7. The molecule has 0 heterocycles. The average Bonchev–Trinajstić information content (AvgIpc) is 2.59. The van der Waals surface area contributed by atoms with Crippen LogP contribution in [0.25, 0.3) is 0 Å². The van der Waals surface area contributed by atoms with E-state index in [0.717, 1.165) is 28.4 Å². The molecule has 0 radical (unpaired) electrons. The molecule has 0 bridgehead atoms. The van der Waals surface area contributed by atoms with Crippen LogP contribution in [0.3, 0.4) is 0 Å². The van der Waals surface area contributed by atoms with Gasteiger partial charge in [0.25, 0.3) is 0 Å². The van der Waals surface area contributed by atoms with E-state index in [1.54, 1.807) is 14.2 Å². The molecule has 2 aromatic carbocycles. The van der Waals surface area contributed by atoms with Crippen LogP contribution in [0, 0.1) is 18.3 Å². The summed E-state index contributed by atoms with van der Waals surface area (Å²) < 4.78 is 16.3. The fourth-order valence-corrected chi connectivity index (χ4v) is 2.40. The molecule has 120 valence electrons. The van der Waals surface area contributed by atoms with Gasteiger partial charge in [-0.2, -0.15) is 5.26 Å². The monoisotopic (exact) mass is 311 g/mol. The zero-order valence-corrected chi connectivity index (χ0v) is 13.7. The standard InChI is InChI=1S/C19H21NO3/c1-14-7-8-19(22-3)18(11-14)15(13-20)9-10-23-17-6-4-5-16(12-17)21-2/h4-8,11-12,15H,9-10H2,1-3H3. The minimum absolute atomic E-state index is 0.268. The van der Waals surface area contributed by atoms with Gasteiger partial charge in [0.1, 0.15) is 17.2 Å². The number of aryl methyl sites for hydroxylation is 1. The number of nitriles is 1. The first-order valence-corrected chi connectivity index (χ1v) is 7.49. The van der Waals surface area contributed by atoms with Crippen molar-refractivity contribution in [1.82, 2.24) is 0 Å². The van der Waals surface area contributed by atoms with E-state index in [4.69, 9.17) is 14.2 Å². The maximum absolute atomic E-state index is 9.49. The van der Waals surface area contributed by atoms with Crippen molar-refractivity contribution in [3.63, 3.8) is 0 Å². The Morgan fingerprint density at radius 3 is 2.52 bits per heavy atom. The van der Waals surface area contributed by atoms with E-state index in [0.29, 0.717) is 13.0 Å². The quantitative estimate of drug-likeness (QED) is 0.773. The Morgan fingerprint density at radius 1 is 1.04 bits per heavy atom. The molecule has 2 rings (SSSR count). The number of nitrogens with zero attached hydrogens (tertiary/aromatic N) is 1. The van der Waals surface area contributed by atoms with Gasteiger partial charge in [0.2, 0.25) is 0 Å². The summed E-state index contributed by atoms with van der Waals surface area (Å²) in [7, 11) is 3.24. The SMILES string of the molecule is COc1cccc(OCCC(C#N)c2cc(C)ccc2OC)c1. The largest absolute Gasteiger partial charge is 0.497 e. The third-order valence-corrected chi connectivity index (χ3v) is 3.63. The molecule has 0 N–H and O–H groups in total. The molecule has 1 atom stereocenters. The van der Waals surface area contributed by atoms with Crippen LogP contribution in [-0.2, 0) is 0 Å². The summed E-state index contributed by atoms with van der Waals surface area (Å²) in [6.07, 6.45) is 0.591. The van der Waals surface area contributed by atoms with Crippen LogP contribution in [0.5, 0.6) is 17.2 Å². The molecule has 0 aliphatic carbocycles. The van der Waals surface area contributed by atoms with Gasteiger partial charge in [-0.15, -0.1) is 0 Å². The van der Waals surface area contributed by atoms with E-state index in [-0.39, 0.29) is 5.92 Å². The molecule has 23 heavy (non-hydrogen) atoms. The van der Waals surface area contributed by atoms with E-state index in [1.165, 1.54) is 0 Å². The fourth-order valence-electron chi connectivity index (χ4n) is 2.40. The molecule has 0 aliphatic heterocycles. The van der Waals surface area contributed by atoms with Crippen LogP contribution in [0.2, 0.25) is 0 Å². The van der Waals surface area contributed by atoms with E-state index >= 15 is 0 Å². The highest BCUT2D eigenvalue weighted by molar-refractivity contribution is 5.42. The number of hydrogen-bond acceptors (Lipinski definition) is 4. The van der Waals surface area contributed by atoms with Crippen LogP contribution < -0.4 is 14.2 Å². The first kappa shape index (κ1) is 16.7. The smallest absolute Gasteiger partial charge is 0.123 e. The molecule has 0 saturated heterocycles. The lowest BCUT2D eigenvalue weighted by Gasteiger charge is -2.15. The van der Waals surface area contributed by atoms with Gasteiger partial charge in [-0.25, -0.2) is 0 Å². The van der Waals surface area contributed by atoms with Crippen molar-refractivity contribution < 1.29 is 14.2 Å². The number of rotatable bonds is 7. The number of ether oxygens (including phenoxy) is 3. The third kappa shape index (κ3) is 4.40. The number of benzene rings is 2. The molecule has 1 unspecified atom stereocenters. The van der Waals surface area contributed by atoms with Crippen LogP contribution in [0.15, 0.2) is 42.5 Å². The van der Waals surface area contributed by atoms with Crippen LogP contribution in [0.1, 0.15) is 23.5 Å². The lowest BCUT2D eigenvalue weighted by molar-refractivity contribution is 0.302. The average molecular weight is 311 g/mol. The summed E-state index contributed by atoms with van der Waals surface area (Å²) in [4.78, 5) is 0. The van der Waals surface area contributed by atoms with E-state index in [1.807, 2.05) is 49.4 Å². The second-order valence-electron chi connectivity index (χ2n) is 5.24. The Hall–Kier alpha value is -2.67. The topological polar surface area (TPSA) is 51.5 Å². The molecule has 0 fully saturated rings. The maximum atomic E-state index is 9.49. The molecule has 0 spiro atoms. The molecule has 0 aromatic heterocycles. The Balaban J connectivity index is 2.03. The van der Waals surface area contributed by atoms with E-state index in [2.05, 4.69) is 6.07 Å². The van der Waals surface area contributed by atoms with Crippen molar-refractivity contribution in [3.8, 4) is 23.3 Å². The van der Waals surface area contributed by atoms with Gasteiger partial charge in [-0.05, 0) is 25.1 Å². The minimum atomic E-state index is -0.268. The van der Waals surface area contributed by atoms with Crippen molar-refractivity contribution >= 4 is 0 Å². The van der Waals surface area contributed by atoms with Crippen molar-refractivity contribution in [2.45, 2.75) is 19.3 Å². The second-order valence-corrected chi connectivity index (χ2v) is 5.24. The van der Waals surface area contributed by atoms with Crippen molar-refractivity contribution in [1.29, 1.82) is 5.26 Å². The highest BCUT2D eigenvalue weighted by Crippen LogP contribution is 2.30. The molecule has 0 amide bonds. The normalized spacial score (nSPS) is 11.4. The van der Waals surface area contributed by atoms with Crippen LogP contribution >= 0.6 is 0 Å². The highest BCUT2D eigenvalue weighted by atomic mass is 16.5. The molecule has 2 aromatic rings. The molecule has 0 saturated carbocycles. The highest BCUT2D eigenvalue weighted by Gasteiger charge is 2.16. The number of methoxy groups -OCH3 is 2. The molecule has 4 nitrogen and oxygen atoms in total. The summed E-state index contributed by atoms with van der Waals surface area (Å²) in [5, 5.41) is 9.49. The van der Waals surface area contributed by atoms with Crippen molar-refractivity contribution in [2.24, 2.45) is 0 Å². The van der Waals surface area contributed by atoms with Crippen molar-refractivity contribution in [3.05, 3.63) is 53.6 Å². The molecule has 0 aliphatic rings. The van der Waals surface area contributed by atoms with Gasteiger partial charge in [0.15, 0.2) is 0 Å². The first-order valence-electron chi connectivity index (χ1n) is 7.49. The summed E-state index contributed by atoms with van der Waals surface area (Å²) in [5.74, 6) is 1.95. The Labute approximate surface area is 137 Å². The van der Waals surface area contributed by atoms with Gasteiger partial charge in [0.05, 0.1) is 32.8 Å². The van der Waals surface area contributed by atoms with Gasteiger partial charge in [0, 0.05) is 18.1 Å². The molecular formula is C19H21NO3. The zero-order chi connectivity index (χ0) is 16.7. The summed E-state index contributed by atoms with van der Waals surface area (Å²) in [6, 6.07) is 15.7. The molecular weight excluding hydrogens is 290 g/mol. The summed E-state index contributed by atoms with van der Waals surface area (Å²) >= 11 is 0. The van der Waals surface area contributed by atoms with Crippen molar-refractivity contribution in [2.75, 3.05) is 20.8 Å². The lowest BCUT2D eigenvalue weighted by atomic mass is 9.95. The first-order chi connectivity index (χ1) is 11.2. The van der Waals surface area contributed by atoms with Gasteiger partial charge >= 0.3 is 0 Å². The Bertz CT molecular complexity index is 691.